The van der Waals surface area contributed by atoms with Crippen molar-refractivity contribution >= 4 is 5.97 Å². The Balaban J connectivity index is 4.78. The highest BCUT2D eigenvalue weighted by Crippen LogP contribution is 2.39. The molecule has 0 aliphatic heterocycles. The van der Waals surface area contributed by atoms with Crippen LogP contribution in [0.25, 0.3) is 0 Å². The highest BCUT2D eigenvalue weighted by atomic mass is 16.5. The van der Waals surface area contributed by atoms with E-state index in [2.05, 4.69) is 20.8 Å². The van der Waals surface area contributed by atoms with Crippen LogP contribution >= 0.6 is 0 Å². The molecule has 3 heteroatoms. The molecule has 0 fully saturated rings. The van der Waals surface area contributed by atoms with Gasteiger partial charge in [0.15, 0.2) is 0 Å². The van der Waals surface area contributed by atoms with E-state index in [-0.39, 0.29) is 16.9 Å². The summed E-state index contributed by atoms with van der Waals surface area (Å²) in [6.07, 6.45) is 1.30. The van der Waals surface area contributed by atoms with Gasteiger partial charge in [0.1, 0.15) is 0 Å². The first kappa shape index (κ1) is 14.4. The Bertz CT molecular complexity index is 218. The van der Waals surface area contributed by atoms with Crippen LogP contribution in [-0.4, -0.2) is 18.6 Å². The molecule has 15 heavy (non-hydrogen) atoms. The number of hydrogen-bond acceptors (Lipinski definition) is 3. The van der Waals surface area contributed by atoms with Crippen molar-refractivity contribution in [3.05, 3.63) is 0 Å². The van der Waals surface area contributed by atoms with Crippen LogP contribution in [0.3, 0.4) is 0 Å². The fourth-order valence-electron chi connectivity index (χ4n) is 1.85. The van der Waals surface area contributed by atoms with E-state index >= 15 is 0 Å². The smallest absolute Gasteiger partial charge is 0.306 e. The number of ether oxygens (including phenoxy) is 1. The third kappa shape index (κ3) is 4.20. The Morgan fingerprint density at radius 1 is 1.33 bits per heavy atom. The van der Waals surface area contributed by atoms with Gasteiger partial charge >= 0.3 is 5.97 Å². The van der Waals surface area contributed by atoms with Gasteiger partial charge in [-0.3, -0.25) is 4.79 Å². The van der Waals surface area contributed by atoms with E-state index in [1.54, 1.807) is 0 Å². The van der Waals surface area contributed by atoms with Crippen LogP contribution in [0.15, 0.2) is 0 Å². The van der Waals surface area contributed by atoms with Gasteiger partial charge in [-0.2, -0.15) is 0 Å². The van der Waals surface area contributed by atoms with Crippen LogP contribution in [0, 0.1) is 11.3 Å². The molecule has 0 aromatic rings. The minimum Gasteiger partial charge on any atom is -0.469 e. The van der Waals surface area contributed by atoms with Crippen molar-refractivity contribution in [2.75, 3.05) is 7.11 Å². The molecule has 1 unspecified atom stereocenters. The highest BCUT2D eigenvalue weighted by Gasteiger charge is 2.40. The molecule has 0 aromatic heterocycles. The largest absolute Gasteiger partial charge is 0.469 e. The summed E-state index contributed by atoms with van der Waals surface area (Å²) in [5.74, 6) is 0.333. The lowest BCUT2D eigenvalue weighted by Crippen LogP contribution is -2.50. The predicted octanol–water partition coefficient (Wildman–Crippen LogP) is 2.34. The van der Waals surface area contributed by atoms with Gasteiger partial charge in [0.05, 0.1) is 13.5 Å². The van der Waals surface area contributed by atoms with Crippen LogP contribution in [-0.2, 0) is 9.53 Å². The average Bonchev–Trinajstić information content (AvgIpc) is 2.00. The fourth-order valence-corrected chi connectivity index (χ4v) is 1.85. The van der Waals surface area contributed by atoms with E-state index in [1.807, 2.05) is 13.8 Å². The van der Waals surface area contributed by atoms with Gasteiger partial charge in [-0.25, -0.2) is 0 Å². The summed E-state index contributed by atoms with van der Waals surface area (Å²) in [7, 11) is 1.42. The molecule has 0 aliphatic rings. The maximum atomic E-state index is 11.4. The van der Waals surface area contributed by atoms with E-state index in [0.29, 0.717) is 12.3 Å². The lowest BCUT2D eigenvalue weighted by atomic mass is 9.67. The van der Waals surface area contributed by atoms with Crippen LogP contribution in [0.1, 0.15) is 47.5 Å². The van der Waals surface area contributed by atoms with Crippen molar-refractivity contribution in [1.82, 2.24) is 0 Å². The van der Waals surface area contributed by atoms with Crippen molar-refractivity contribution < 1.29 is 9.53 Å². The normalized spacial score (nSPS) is 16.3. The van der Waals surface area contributed by atoms with Crippen LogP contribution in [0.4, 0.5) is 0 Å². The summed E-state index contributed by atoms with van der Waals surface area (Å²) in [4.78, 5) is 11.4. The number of nitrogens with two attached hydrogens (primary N) is 1. The average molecular weight is 215 g/mol. The standard InChI is InChI=1S/C12H25NO2/c1-9(2)7-12(5,11(3,4)13)8-10(14)15-6/h9H,7-8,13H2,1-6H3. The zero-order chi connectivity index (χ0) is 12.3. The molecule has 0 saturated heterocycles. The van der Waals surface area contributed by atoms with Crippen LogP contribution in [0.2, 0.25) is 0 Å². The molecule has 0 aromatic carbocycles. The van der Waals surface area contributed by atoms with Gasteiger partial charge in [-0.15, -0.1) is 0 Å². The van der Waals surface area contributed by atoms with Crippen molar-refractivity contribution in [3.8, 4) is 0 Å². The Labute approximate surface area is 93.4 Å². The molecule has 0 heterocycles. The lowest BCUT2D eigenvalue weighted by Gasteiger charge is -2.42. The topological polar surface area (TPSA) is 52.3 Å². The zero-order valence-electron chi connectivity index (χ0n) is 10.9. The maximum Gasteiger partial charge on any atom is 0.306 e. The molecular weight excluding hydrogens is 190 g/mol. The van der Waals surface area contributed by atoms with E-state index < -0.39 is 0 Å². The summed E-state index contributed by atoms with van der Waals surface area (Å²) in [6.45, 7) is 10.3. The van der Waals surface area contributed by atoms with Gasteiger partial charge in [-0.1, -0.05) is 20.8 Å². The molecule has 0 radical (unpaired) electrons. The predicted molar refractivity (Wildman–Crippen MR) is 62.5 cm³/mol. The maximum absolute atomic E-state index is 11.4. The SMILES string of the molecule is COC(=O)CC(C)(CC(C)C)C(C)(C)N. The van der Waals surface area contributed by atoms with Gasteiger partial charge in [-0.05, 0) is 31.6 Å². The lowest BCUT2D eigenvalue weighted by molar-refractivity contribution is -0.144. The third-order valence-corrected chi connectivity index (χ3v) is 3.18. The Hall–Kier alpha value is -0.570. The van der Waals surface area contributed by atoms with Crippen molar-refractivity contribution in [2.45, 2.75) is 53.0 Å². The van der Waals surface area contributed by atoms with E-state index in [4.69, 9.17) is 10.5 Å². The van der Waals surface area contributed by atoms with Gasteiger partial charge < -0.3 is 10.5 Å². The highest BCUT2D eigenvalue weighted by molar-refractivity contribution is 5.70. The number of carbonyl (C=O) groups excluding carboxylic acids is 1. The number of hydrogen-bond donors (Lipinski definition) is 1. The van der Waals surface area contributed by atoms with E-state index in [0.717, 1.165) is 6.42 Å². The molecule has 0 spiro atoms. The second-order valence-electron chi connectivity index (χ2n) is 5.63. The van der Waals surface area contributed by atoms with Gasteiger partial charge in [0.2, 0.25) is 0 Å². The van der Waals surface area contributed by atoms with Crippen LogP contribution in [0.5, 0.6) is 0 Å². The second-order valence-corrected chi connectivity index (χ2v) is 5.63. The van der Waals surface area contributed by atoms with Crippen molar-refractivity contribution in [1.29, 1.82) is 0 Å². The van der Waals surface area contributed by atoms with Gasteiger partial charge in [0.25, 0.3) is 0 Å². The Morgan fingerprint density at radius 3 is 2.07 bits per heavy atom. The Kier molecular flexibility index (Phi) is 4.78. The number of rotatable bonds is 5. The third-order valence-electron chi connectivity index (χ3n) is 3.18. The second kappa shape index (κ2) is 4.97. The number of carbonyl (C=O) groups is 1. The first-order chi connectivity index (χ1) is 6.62. The molecule has 1 atom stereocenters. The Morgan fingerprint density at radius 2 is 1.80 bits per heavy atom. The summed E-state index contributed by atoms with van der Waals surface area (Å²) < 4.78 is 4.73. The molecule has 2 N–H and O–H groups in total. The van der Waals surface area contributed by atoms with Gasteiger partial charge in [0, 0.05) is 5.54 Å². The minimum absolute atomic E-state index is 0.184. The molecular formula is C12H25NO2. The summed E-state index contributed by atoms with van der Waals surface area (Å²) in [5, 5.41) is 0. The first-order valence-corrected chi connectivity index (χ1v) is 5.48. The molecule has 3 nitrogen and oxygen atoms in total. The number of esters is 1. The quantitative estimate of drug-likeness (QED) is 0.716. The first-order valence-electron chi connectivity index (χ1n) is 5.48. The fraction of sp³-hybridized carbons (Fsp3) is 0.917. The van der Waals surface area contributed by atoms with Crippen molar-refractivity contribution in [2.24, 2.45) is 17.1 Å². The molecule has 0 saturated carbocycles. The van der Waals surface area contributed by atoms with E-state index in [9.17, 15) is 4.79 Å². The summed E-state index contributed by atoms with van der Waals surface area (Å²) in [6, 6.07) is 0. The molecule has 0 rings (SSSR count). The van der Waals surface area contributed by atoms with Crippen molar-refractivity contribution in [3.63, 3.8) is 0 Å². The van der Waals surface area contributed by atoms with Crippen LogP contribution < -0.4 is 5.73 Å². The van der Waals surface area contributed by atoms with E-state index in [1.165, 1.54) is 7.11 Å². The molecule has 90 valence electrons. The minimum atomic E-state index is -0.383. The molecule has 0 amide bonds. The molecule has 0 bridgehead atoms. The number of methoxy groups -OCH3 is 1. The summed E-state index contributed by atoms with van der Waals surface area (Å²) >= 11 is 0. The zero-order valence-corrected chi connectivity index (χ0v) is 10.9. The monoisotopic (exact) mass is 215 g/mol. The summed E-state index contributed by atoms with van der Waals surface area (Å²) in [5.41, 5.74) is 5.56. The molecule has 0 aliphatic carbocycles.